The molecule has 0 fully saturated rings. The normalized spacial score (nSPS) is 10.5. The largest absolute Gasteiger partial charge is 0.319 e. The number of nitrogens with one attached hydrogen (secondary N) is 1. The van der Waals surface area contributed by atoms with Crippen molar-refractivity contribution in [3.05, 3.63) is 47.0 Å². The van der Waals surface area contributed by atoms with E-state index in [2.05, 4.69) is 10.4 Å². The molecular formula is C14H16FN3O. The van der Waals surface area contributed by atoms with Gasteiger partial charge in [-0.3, -0.25) is 9.48 Å². The van der Waals surface area contributed by atoms with Crippen LogP contribution in [-0.2, 0) is 13.5 Å². The van der Waals surface area contributed by atoms with Gasteiger partial charge >= 0.3 is 0 Å². The van der Waals surface area contributed by atoms with Crippen molar-refractivity contribution in [2.45, 2.75) is 20.3 Å². The minimum atomic E-state index is -0.484. The molecule has 0 radical (unpaired) electrons. The molecule has 1 heterocycles. The summed E-state index contributed by atoms with van der Waals surface area (Å²) in [6.07, 6.45) is 2.41. The molecule has 0 aliphatic rings. The number of amides is 1. The molecule has 0 aliphatic heterocycles. The Morgan fingerprint density at radius 1 is 1.47 bits per heavy atom. The van der Waals surface area contributed by atoms with Crippen LogP contribution in [-0.4, -0.2) is 15.7 Å². The maximum atomic E-state index is 13.9. The van der Waals surface area contributed by atoms with Crippen LogP contribution in [0.1, 0.15) is 28.5 Å². The molecule has 2 aromatic rings. The van der Waals surface area contributed by atoms with Crippen LogP contribution in [0, 0.1) is 12.7 Å². The van der Waals surface area contributed by atoms with Gasteiger partial charge in [0.05, 0.1) is 16.9 Å². The molecule has 2 rings (SSSR count). The lowest BCUT2D eigenvalue weighted by atomic mass is 10.1. The number of hydrogen-bond donors (Lipinski definition) is 1. The van der Waals surface area contributed by atoms with Crippen molar-refractivity contribution in [2.24, 2.45) is 7.05 Å². The van der Waals surface area contributed by atoms with E-state index >= 15 is 0 Å². The fourth-order valence-corrected chi connectivity index (χ4v) is 1.91. The first-order chi connectivity index (χ1) is 9.02. The first-order valence-corrected chi connectivity index (χ1v) is 6.12. The third kappa shape index (κ3) is 2.65. The standard InChI is InChI=1S/C14H16FN3O/c1-4-11-12(8-18(3)17-11)16-14(19)10-7-5-6-9(2)13(10)15/h5-8H,4H2,1-3H3,(H,16,19). The van der Waals surface area contributed by atoms with E-state index in [0.29, 0.717) is 17.7 Å². The molecule has 4 nitrogen and oxygen atoms in total. The molecule has 1 aromatic heterocycles. The second-order valence-corrected chi connectivity index (χ2v) is 4.41. The van der Waals surface area contributed by atoms with Crippen LogP contribution in [0.4, 0.5) is 10.1 Å². The van der Waals surface area contributed by atoms with Crippen molar-refractivity contribution >= 4 is 11.6 Å². The van der Waals surface area contributed by atoms with Gasteiger partial charge in [0.15, 0.2) is 0 Å². The maximum absolute atomic E-state index is 13.9. The van der Waals surface area contributed by atoms with Gasteiger partial charge in [0.2, 0.25) is 0 Å². The molecule has 0 bridgehead atoms. The summed E-state index contributed by atoms with van der Waals surface area (Å²) >= 11 is 0. The summed E-state index contributed by atoms with van der Waals surface area (Å²) in [5.74, 6) is -0.939. The van der Waals surface area contributed by atoms with Gasteiger partial charge in [-0.05, 0) is 25.0 Å². The zero-order chi connectivity index (χ0) is 14.0. The minimum Gasteiger partial charge on any atom is -0.319 e. The lowest BCUT2D eigenvalue weighted by Gasteiger charge is -2.06. The predicted molar refractivity (Wildman–Crippen MR) is 71.7 cm³/mol. The smallest absolute Gasteiger partial charge is 0.258 e. The fraction of sp³-hybridized carbons (Fsp3) is 0.286. The summed E-state index contributed by atoms with van der Waals surface area (Å²) in [4.78, 5) is 12.1. The molecule has 100 valence electrons. The van der Waals surface area contributed by atoms with E-state index in [9.17, 15) is 9.18 Å². The first-order valence-electron chi connectivity index (χ1n) is 6.12. The summed E-state index contributed by atoms with van der Waals surface area (Å²) in [6, 6.07) is 4.77. The molecular weight excluding hydrogens is 245 g/mol. The summed E-state index contributed by atoms with van der Waals surface area (Å²) in [5.41, 5.74) is 1.90. The van der Waals surface area contributed by atoms with Crippen LogP contribution in [0.2, 0.25) is 0 Å². The van der Waals surface area contributed by atoms with E-state index in [1.807, 2.05) is 6.92 Å². The van der Waals surface area contributed by atoms with Gasteiger partial charge in [0.1, 0.15) is 5.82 Å². The van der Waals surface area contributed by atoms with Crippen molar-refractivity contribution in [1.82, 2.24) is 9.78 Å². The molecule has 0 saturated carbocycles. The number of aryl methyl sites for hydroxylation is 3. The van der Waals surface area contributed by atoms with Gasteiger partial charge in [-0.1, -0.05) is 19.1 Å². The van der Waals surface area contributed by atoms with Crippen LogP contribution >= 0.6 is 0 Å². The highest BCUT2D eigenvalue weighted by Gasteiger charge is 2.15. The average Bonchev–Trinajstić information content (AvgIpc) is 2.72. The number of benzene rings is 1. The van der Waals surface area contributed by atoms with Crippen molar-refractivity contribution in [3.63, 3.8) is 0 Å². The van der Waals surface area contributed by atoms with Crippen molar-refractivity contribution < 1.29 is 9.18 Å². The number of nitrogens with zero attached hydrogens (tertiary/aromatic N) is 2. The Balaban J connectivity index is 2.28. The molecule has 0 unspecified atom stereocenters. The van der Waals surface area contributed by atoms with E-state index in [1.54, 1.807) is 37.0 Å². The Labute approximate surface area is 111 Å². The number of aromatic nitrogens is 2. The highest BCUT2D eigenvalue weighted by molar-refractivity contribution is 6.04. The maximum Gasteiger partial charge on any atom is 0.258 e. The molecule has 0 atom stereocenters. The Hall–Kier alpha value is -2.17. The molecule has 1 N–H and O–H groups in total. The summed E-state index contributed by atoms with van der Waals surface area (Å²) < 4.78 is 15.5. The number of carbonyl (C=O) groups is 1. The van der Waals surface area contributed by atoms with Gasteiger partial charge in [-0.25, -0.2) is 4.39 Å². The van der Waals surface area contributed by atoms with E-state index in [1.165, 1.54) is 6.07 Å². The van der Waals surface area contributed by atoms with E-state index in [4.69, 9.17) is 0 Å². The van der Waals surface area contributed by atoms with Crippen LogP contribution in [0.3, 0.4) is 0 Å². The Morgan fingerprint density at radius 2 is 2.21 bits per heavy atom. The van der Waals surface area contributed by atoms with Gasteiger partial charge in [-0.2, -0.15) is 5.10 Å². The number of carbonyl (C=O) groups excluding carboxylic acids is 1. The second kappa shape index (κ2) is 5.22. The Kier molecular flexibility index (Phi) is 3.64. The number of anilines is 1. The fourth-order valence-electron chi connectivity index (χ4n) is 1.91. The van der Waals surface area contributed by atoms with Crippen molar-refractivity contribution in [1.29, 1.82) is 0 Å². The zero-order valence-corrected chi connectivity index (χ0v) is 11.2. The Morgan fingerprint density at radius 3 is 2.89 bits per heavy atom. The zero-order valence-electron chi connectivity index (χ0n) is 11.2. The minimum absolute atomic E-state index is 0.0471. The van der Waals surface area contributed by atoms with Gasteiger partial charge in [-0.15, -0.1) is 0 Å². The Bertz CT molecular complexity index is 619. The SMILES string of the molecule is CCc1nn(C)cc1NC(=O)c1cccc(C)c1F. The molecule has 0 spiro atoms. The second-order valence-electron chi connectivity index (χ2n) is 4.41. The van der Waals surface area contributed by atoms with Crippen LogP contribution in [0.25, 0.3) is 0 Å². The van der Waals surface area contributed by atoms with Crippen molar-refractivity contribution in [2.75, 3.05) is 5.32 Å². The lowest BCUT2D eigenvalue weighted by Crippen LogP contribution is -2.14. The van der Waals surface area contributed by atoms with E-state index in [0.717, 1.165) is 5.69 Å². The van der Waals surface area contributed by atoms with E-state index < -0.39 is 11.7 Å². The van der Waals surface area contributed by atoms with Crippen molar-refractivity contribution in [3.8, 4) is 0 Å². The molecule has 5 heteroatoms. The molecule has 19 heavy (non-hydrogen) atoms. The summed E-state index contributed by atoms with van der Waals surface area (Å²) in [5, 5.41) is 6.93. The van der Waals surface area contributed by atoms with Gasteiger partial charge < -0.3 is 5.32 Å². The number of halogens is 1. The summed E-state index contributed by atoms with van der Waals surface area (Å²) in [6.45, 7) is 3.58. The molecule has 1 amide bonds. The van der Waals surface area contributed by atoms with Crippen LogP contribution in [0.5, 0.6) is 0 Å². The monoisotopic (exact) mass is 261 g/mol. The quantitative estimate of drug-likeness (QED) is 0.923. The lowest BCUT2D eigenvalue weighted by molar-refractivity contribution is 0.102. The third-order valence-corrected chi connectivity index (χ3v) is 2.92. The first kappa shape index (κ1) is 13.3. The average molecular weight is 261 g/mol. The third-order valence-electron chi connectivity index (χ3n) is 2.92. The summed E-state index contributed by atoms with van der Waals surface area (Å²) in [7, 11) is 1.78. The van der Waals surface area contributed by atoms with Crippen LogP contribution < -0.4 is 5.32 Å². The number of rotatable bonds is 3. The highest BCUT2D eigenvalue weighted by atomic mass is 19.1. The molecule has 0 saturated heterocycles. The number of hydrogen-bond acceptors (Lipinski definition) is 2. The molecule has 0 aliphatic carbocycles. The van der Waals surface area contributed by atoms with Gasteiger partial charge in [0, 0.05) is 13.2 Å². The predicted octanol–water partition coefficient (Wildman–Crippen LogP) is 2.68. The topological polar surface area (TPSA) is 46.9 Å². The highest BCUT2D eigenvalue weighted by Crippen LogP contribution is 2.17. The molecule has 1 aromatic carbocycles. The van der Waals surface area contributed by atoms with Crippen LogP contribution in [0.15, 0.2) is 24.4 Å². The van der Waals surface area contributed by atoms with E-state index in [-0.39, 0.29) is 5.56 Å². The van der Waals surface area contributed by atoms with Gasteiger partial charge in [0.25, 0.3) is 5.91 Å².